The van der Waals surface area contributed by atoms with E-state index in [4.69, 9.17) is 5.11 Å². The summed E-state index contributed by atoms with van der Waals surface area (Å²) >= 11 is 0. The van der Waals surface area contributed by atoms with Crippen molar-refractivity contribution in [3.8, 4) is 0 Å². The normalized spacial score (nSPS) is 11.5. The number of hydrogen-bond donors (Lipinski definition) is 1. The summed E-state index contributed by atoms with van der Waals surface area (Å²) in [6, 6.07) is 6.27. The number of hydrogen-bond acceptors (Lipinski definition) is 1. The zero-order valence-corrected chi connectivity index (χ0v) is 9.13. The largest absolute Gasteiger partial charge is 0.481 e. The molecule has 0 aliphatic carbocycles. The molecule has 1 N–H and O–H groups in total. The Bertz CT molecular complexity index is 386. The average Bonchev–Trinajstić information content (AvgIpc) is 2.17. The Balaban J connectivity index is 2.67. The number of aryl methyl sites for hydroxylation is 1. The number of rotatable bonds is 5. The van der Waals surface area contributed by atoms with Gasteiger partial charge in [-0.05, 0) is 24.0 Å². The van der Waals surface area contributed by atoms with Crippen LogP contribution in [0.4, 0.5) is 13.2 Å². The van der Waals surface area contributed by atoms with Crippen LogP contribution in [0.3, 0.4) is 0 Å². The lowest BCUT2D eigenvalue weighted by Crippen LogP contribution is -2.13. The molecule has 0 heterocycles. The molecule has 0 amide bonds. The molecule has 0 saturated carbocycles. The van der Waals surface area contributed by atoms with Crippen molar-refractivity contribution in [1.82, 2.24) is 0 Å². The summed E-state index contributed by atoms with van der Waals surface area (Å²) in [6.45, 7) is 0. The molecule has 1 aromatic rings. The maximum Gasteiger partial charge on any atom is 0.393 e. The van der Waals surface area contributed by atoms with Crippen LogP contribution in [-0.2, 0) is 17.6 Å². The molecule has 17 heavy (non-hydrogen) atoms. The Hall–Kier alpha value is -1.52. The number of halogens is 3. The van der Waals surface area contributed by atoms with E-state index >= 15 is 0 Å². The third kappa shape index (κ3) is 5.38. The number of aliphatic carboxylic acids is 1. The van der Waals surface area contributed by atoms with Crippen LogP contribution in [-0.4, -0.2) is 17.3 Å². The van der Waals surface area contributed by atoms with Gasteiger partial charge in [0.15, 0.2) is 0 Å². The fourth-order valence-electron chi connectivity index (χ4n) is 1.62. The first-order valence-electron chi connectivity index (χ1n) is 5.24. The molecule has 5 heteroatoms. The van der Waals surface area contributed by atoms with E-state index < -0.39 is 18.6 Å². The molecular formula is C12H13F3O2. The maximum atomic E-state index is 12.3. The van der Waals surface area contributed by atoms with Crippen LogP contribution >= 0.6 is 0 Å². The minimum Gasteiger partial charge on any atom is -0.481 e. The van der Waals surface area contributed by atoms with Gasteiger partial charge in [0.1, 0.15) is 0 Å². The van der Waals surface area contributed by atoms with Gasteiger partial charge in [-0.15, -0.1) is 0 Å². The highest BCUT2D eigenvalue weighted by atomic mass is 19.4. The number of benzene rings is 1. The van der Waals surface area contributed by atoms with Gasteiger partial charge in [0.25, 0.3) is 0 Å². The van der Waals surface area contributed by atoms with E-state index in [0.29, 0.717) is 18.4 Å². The minimum atomic E-state index is -4.23. The fourth-order valence-corrected chi connectivity index (χ4v) is 1.62. The van der Waals surface area contributed by atoms with Crippen molar-refractivity contribution < 1.29 is 23.1 Å². The topological polar surface area (TPSA) is 37.3 Å². The van der Waals surface area contributed by atoms with Gasteiger partial charge < -0.3 is 5.11 Å². The second kappa shape index (κ2) is 5.70. The average molecular weight is 246 g/mol. The molecule has 0 unspecified atom stereocenters. The third-order valence-electron chi connectivity index (χ3n) is 2.35. The van der Waals surface area contributed by atoms with E-state index in [1.54, 1.807) is 18.2 Å². The Morgan fingerprint density at radius 1 is 1.18 bits per heavy atom. The lowest BCUT2D eigenvalue weighted by atomic mass is 9.99. The van der Waals surface area contributed by atoms with Crippen LogP contribution in [0.5, 0.6) is 0 Å². The Morgan fingerprint density at radius 3 is 2.29 bits per heavy atom. The first kappa shape index (κ1) is 13.5. The molecule has 1 aromatic carbocycles. The summed E-state index contributed by atoms with van der Waals surface area (Å²) in [7, 11) is 0. The Morgan fingerprint density at radius 2 is 1.76 bits per heavy atom. The SMILES string of the molecule is O=C(O)CCCc1ccccc1CC(F)(F)F. The maximum absolute atomic E-state index is 12.3. The molecule has 0 atom stereocenters. The summed E-state index contributed by atoms with van der Waals surface area (Å²) in [6.07, 6.45) is -4.51. The molecule has 0 aliphatic rings. The highest BCUT2D eigenvalue weighted by molar-refractivity contribution is 5.66. The molecule has 94 valence electrons. The van der Waals surface area contributed by atoms with Crippen molar-refractivity contribution >= 4 is 5.97 Å². The predicted octanol–water partition coefficient (Wildman–Crippen LogP) is 3.20. The standard InChI is InChI=1S/C12H13F3O2/c13-12(14,15)8-10-5-2-1-4-9(10)6-3-7-11(16)17/h1-2,4-5H,3,6-8H2,(H,16,17). The van der Waals surface area contributed by atoms with Crippen molar-refractivity contribution in [2.45, 2.75) is 31.9 Å². The molecule has 0 radical (unpaired) electrons. The van der Waals surface area contributed by atoms with Crippen molar-refractivity contribution in [1.29, 1.82) is 0 Å². The fraction of sp³-hybridized carbons (Fsp3) is 0.417. The minimum absolute atomic E-state index is 0.0274. The van der Waals surface area contributed by atoms with E-state index in [2.05, 4.69) is 0 Å². The van der Waals surface area contributed by atoms with Crippen molar-refractivity contribution in [3.05, 3.63) is 35.4 Å². The molecule has 2 nitrogen and oxygen atoms in total. The Kier molecular flexibility index (Phi) is 4.54. The molecule has 0 fully saturated rings. The summed E-state index contributed by atoms with van der Waals surface area (Å²) in [5, 5.41) is 8.47. The second-order valence-electron chi connectivity index (χ2n) is 3.81. The monoisotopic (exact) mass is 246 g/mol. The Labute approximate surface area is 97.1 Å². The van der Waals surface area contributed by atoms with E-state index in [9.17, 15) is 18.0 Å². The van der Waals surface area contributed by atoms with Gasteiger partial charge in [-0.3, -0.25) is 4.79 Å². The van der Waals surface area contributed by atoms with Gasteiger partial charge in [-0.2, -0.15) is 13.2 Å². The highest BCUT2D eigenvalue weighted by Gasteiger charge is 2.28. The second-order valence-corrected chi connectivity index (χ2v) is 3.81. The summed E-state index contributed by atoms with van der Waals surface area (Å²) in [5.74, 6) is -0.932. The van der Waals surface area contributed by atoms with Gasteiger partial charge in [-0.25, -0.2) is 0 Å². The number of carbonyl (C=O) groups is 1. The molecule has 0 aromatic heterocycles. The van der Waals surface area contributed by atoms with Crippen molar-refractivity contribution in [3.63, 3.8) is 0 Å². The zero-order chi connectivity index (χ0) is 12.9. The summed E-state index contributed by atoms with van der Waals surface area (Å²) in [4.78, 5) is 10.3. The highest BCUT2D eigenvalue weighted by Crippen LogP contribution is 2.24. The number of carboxylic acid groups (broad SMARTS) is 1. The summed E-state index contributed by atoms with van der Waals surface area (Å²) in [5.41, 5.74) is 0.802. The van der Waals surface area contributed by atoms with Gasteiger partial charge in [0.2, 0.25) is 0 Å². The van der Waals surface area contributed by atoms with Gasteiger partial charge in [-0.1, -0.05) is 24.3 Å². The first-order valence-corrected chi connectivity index (χ1v) is 5.24. The number of alkyl halides is 3. The molecule has 0 saturated heterocycles. The van der Waals surface area contributed by atoms with Crippen LogP contribution in [0, 0.1) is 0 Å². The van der Waals surface area contributed by atoms with Crippen molar-refractivity contribution in [2.24, 2.45) is 0 Å². The lowest BCUT2D eigenvalue weighted by molar-refractivity contribution is -0.137. The van der Waals surface area contributed by atoms with E-state index in [0.717, 1.165) is 0 Å². The quantitative estimate of drug-likeness (QED) is 0.866. The van der Waals surface area contributed by atoms with Crippen LogP contribution in [0.25, 0.3) is 0 Å². The van der Waals surface area contributed by atoms with E-state index in [1.165, 1.54) is 6.07 Å². The molecule has 1 rings (SSSR count). The lowest BCUT2D eigenvalue weighted by Gasteiger charge is -2.11. The first-order chi connectivity index (χ1) is 7.88. The smallest absolute Gasteiger partial charge is 0.393 e. The van der Waals surface area contributed by atoms with Crippen LogP contribution in [0.1, 0.15) is 24.0 Å². The zero-order valence-electron chi connectivity index (χ0n) is 9.13. The third-order valence-corrected chi connectivity index (χ3v) is 2.35. The molecule has 0 bridgehead atoms. The van der Waals surface area contributed by atoms with Gasteiger partial charge in [0.05, 0.1) is 6.42 Å². The molecule has 0 aliphatic heterocycles. The van der Waals surface area contributed by atoms with E-state index in [1.807, 2.05) is 0 Å². The van der Waals surface area contributed by atoms with Gasteiger partial charge >= 0.3 is 12.1 Å². The van der Waals surface area contributed by atoms with E-state index in [-0.39, 0.29) is 12.0 Å². The number of carboxylic acids is 1. The summed E-state index contributed by atoms with van der Waals surface area (Å²) < 4.78 is 36.8. The molecular weight excluding hydrogens is 233 g/mol. The van der Waals surface area contributed by atoms with Crippen LogP contribution in [0.2, 0.25) is 0 Å². The predicted molar refractivity (Wildman–Crippen MR) is 56.8 cm³/mol. The van der Waals surface area contributed by atoms with Crippen LogP contribution in [0.15, 0.2) is 24.3 Å². The van der Waals surface area contributed by atoms with Crippen molar-refractivity contribution in [2.75, 3.05) is 0 Å². The van der Waals surface area contributed by atoms with Crippen LogP contribution < -0.4 is 0 Å². The van der Waals surface area contributed by atoms with Gasteiger partial charge in [0, 0.05) is 6.42 Å². The molecule has 0 spiro atoms.